The van der Waals surface area contributed by atoms with Crippen LogP contribution in [0.15, 0.2) is 35.1 Å². The van der Waals surface area contributed by atoms with Gasteiger partial charge in [-0.3, -0.25) is 9.59 Å². The minimum Gasteiger partial charge on any atom is -0.352 e. The van der Waals surface area contributed by atoms with Crippen molar-refractivity contribution in [2.75, 3.05) is 31.1 Å². The molecule has 0 bridgehead atoms. The molecule has 1 aromatic carbocycles. The minimum atomic E-state index is -0.296. The Bertz CT molecular complexity index is 1050. The molecule has 1 N–H and O–H groups in total. The van der Waals surface area contributed by atoms with E-state index in [1.54, 1.807) is 11.0 Å². The molecule has 4 rings (SSSR count). The Labute approximate surface area is 161 Å². The number of H-pyrrole nitrogens is 1. The summed E-state index contributed by atoms with van der Waals surface area (Å²) in [6.45, 7) is 6.50. The number of hydrogen-bond acceptors (Lipinski definition) is 5. The molecule has 0 radical (unpaired) electrons. The maximum atomic E-state index is 12.9. The van der Waals surface area contributed by atoms with Crippen LogP contribution in [0.3, 0.4) is 0 Å². The number of piperazine rings is 1. The molecule has 0 aliphatic carbocycles. The molecule has 1 amide bonds. The van der Waals surface area contributed by atoms with Gasteiger partial charge in [0.25, 0.3) is 11.5 Å². The normalized spacial score (nSPS) is 14.7. The van der Waals surface area contributed by atoms with Crippen LogP contribution in [0.2, 0.25) is 0 Å². The Morgan fingerprint density at radius 1 is 1.22 bits per heavy atom. The van der Waals surface area contributed by atoms with Crippen molar-refractivity contribution in [1.29, 1.82) is 0 Å². The number of fused-ring (bicyclic) bond motifs is 1. The third-order valence-electron chi connectivity index (χ3n) is 5.15. The lowest BCUT2D eigenvalue weighted by Gasteiger charge is -2.35. The first-order chi connectivity index (χ1) is 13.1. The maximum absolute atomic E-state index is 12.9. The van der Waals surface area contributed by atoms with Crippen LogP contribution in [0.1, 0.15) is 28.5 Å². The van der Waals surface area contributed by atoms with Gasteiger partial charge >= 0.3 is 0 Å². The zero-order valence-corrected chi connectivity index (χ0v) is 16.3. The number of aromatic amines is 1. The largest absolute Gasteiger partial charge is 0.352 e. The van der Waals surface area contributed by atoms with E-state index in [2.05, 4.69) is 26.4 Å². The Morgan fingerprint density at radius 2 is 1.96 bits per heavy atom. The van der Waals surface area contributed by atoms with E-state index in [0.29, 0.717) is 26.2 Å². The number of rotatable bonds is 3. The number of aromatic nitrogens is 2. The molecular weight excluding hydrogens is 360 g/mol. The quantitative estimate of drug-likeness (QED) is 0.756. The summed E-state index contributed by atoms with van der Waals surface area (Å²) in [6, 6.07) is 9.92. The number of pyridine rings is 1. The van der Waals surface area contributed by atoms with Crippen LogP contribution >= 0.6 is 11.5 Å². The van der Waals surface area contributed by atoms with Gasteiger partial charge in [-0.15, -0.1) is 0 Å². The minimum absolute atomic E-state index is 0.190. The molecule has 1 aliphatic heterocycles. The molecule has 0 spiro atoms. The lowest BCUT2D eigenvalue weighted by molar-refractivity contribution is 0.0744. The van der Waals surface area contributed by atoms with Crippen molar-refractivity contribution < 1.29 is 4.79 Å². The van der Waals surface area contributed by atoms with Crippen LogP contribution in [0.5, 0.6) is 0 Å². The lowest BCUT2D eigenvalue weighted by Crippen LogP contribution is -2.49. The van der Waals surface area contributed by atoms with E-state index in [9.17, 15) is 9.59 Å². The summed E-state index contributed by atoms with van der Waals surface area (Å²) < 4.78 is 5.77. The molecular formula is C20H22N4O2S. The standard InChI is InChI=1S/C20H22N4O2S/c1-3-16-13(2)12-15(19(25)21-16)20(26)24-10-8-23(9-11-24)18-14-6-4-5-7-17(14)27-22-18/h4-7,12H,3,8-11H2,1-2H3,(H,21,25). The van der Waals surface area contributed by atoms with Crippen molar-refractivity contribution in [3.05, 3.63) is 57.5 Å². The Kier molecular flexibility index (Phi) is 4.70. The summed E-state index contributed by atoms with van der Waals surface area (Å²) in [5.41, 5.74) is 1.78. The van der Waals surface area contributed by atoms with Crippen molar-refractivity contribution in [3.8, 4) is 0 Å². The highest BCUT2D eigenvalue weighted by Gasteiger charge is 2.26. The van der Waals surface area contributed by atoms with Crippen LogP contribution in [0, 0.1) is 6.92 Å². The van der Waals surface area contributed by atoms with Crippen LogP contribution in [0.4, 0.5) is 5.82 Å². The Hall–Kier alpha value is -2.67. The number of anilines is 1. The van der Waals surface area contributed by atoms with Crippen molar-refractivity contribution in [2.24, 2.45) is 0 Å². The van der Waals surface area contributed by atoms with Gasteiger partial charge in [0.2, 0.25) is 0 Å². The van der Waals surface area contributed by atoms with Crippen LogP contribution < -0.4 is 10.5 Å². The zero-order valence-electron chi connectivity index (χ0n) is 15.5. The third-order valence-corrected chi connectivity index (χ3v) is 5.97. The van der Waals surface area contributed by atoms with E-state index < -0.39 is 0 Å². The number of carbonyl (C=O) groups excluding carboxylic acids is 1. The average Bonchev–Trinajstić information content (AvgIpc) is 3.13. The number of nitrogens with zero attached hydrogens (tertiary/aromatic N) is 3. The van der Waals surface area contributed by atoms with Gasteiger partial charge in [0.05, 0.1) is 4.70 Å². The fourth-order valence-corrected chi connectivity index (χ4v) is 4.39. The van der Waals surface area contributed by atoms with Gasteiger partial charge in [-0.2, -0.15) is 4.37 Å². The molecule has 6 nitrogen and oxygen atoms in total. The van der Waals surface area contributed by atoms with Gasteiger partial charge in [0.1, 0.15) is 11.4 Å². The number of carbonyl (C=O) groups is 1. The van der Waals surface area contributed by atoms with Gasteiger partial charge in [-0.05, 0) is 48.6 Å². The fraction of sp³-hybridized carbons (Fsp3) is 0.350. The molecule has 7 heteroatoms. The molecule has 0 unspecified atom stereocenters. The van der Waals surface area contributed by atoms with E-state index in [4.69, 9.17) is 0 Å². The Morgan fingerprint density at radius 3 is 2.70 bits per heavy atom. The summed E-state index contributed by atoms with van der Waals surface area (Å²) in [7, 11) is 0. The van der Waals surface area contributed by atoms with Gasteiger partial charge in [-0.25, -0.2) is 0 Å². The highest BCUT2D eigenvalue weighted by molar-refractivity contribution is 7.13. The maximum Gasteiger partial charge on any atom is 0.261 e. The summed E-state index contributed by atoms with van der Waals surface area (Å²) in [5.74, 6) is 0.800. The monoisotopic (exact) mass is 382 g/mol. The highest BCUT2D eigenvalue weighted by Crippen LogP contribution is 2.29. The van der Waals surface area contributed by atoms with Crippen molar-refractivity contribution in [3.63, 3.8) is 0 Å². The van der Waals surface area contributed by atoms with Gasteiger partial charge in [0.15, 0.2) is 0 Å². The fourth-order valence-electron chi connectivity index (χ4n) is 3.59. The predicted octanol–water partition coefficient (Wildman–Crippen LogP) is 2.82. The highest BCUT2D eigenvalue weighted by atomic mass is 32.1. The lowest BCUT2D eigenvalue weighted by atomic mass is 10.1. The molecule has 2 aromatic heterocycles. The second kappa shape index (κ2) is 7.15. The number of amides is 1. The van der Waals surface area contributed by atoms with E-state index in [1.807, 2.05) is 26.0 Å². The molecule has 0 saturated carbocycles. The molecule has 0 atom stereocenters. The van der Waals surface area contributed by atoms with Crippen molar-refractivity contribution >= 4 is 33.3 Å². The summed E-state index contributed by atoms with van der Waals surface area (Å²) in [4.78, 5) is 32.0. The van der Waals surface area contributed by atoms with Gasteiger partial charge in [-0.1, -0.05) is 19.1 Å². The number of benzene rings is 1. The molecule has 3 heterocycles. The second-order valence-electron chi connectivity index (χ2n) is 6.81. The molecule has 140 valence electrons. The molecule has 1 fully saturated rings. The van der Waals surface area contributed by atoms with Crippen LogP contribution in [-0.4, -0.2) is 46.3 Å². The smallest absolute Gasteiger partial charge is 0.261 e. The second-order valence-corrected chi connectivity index (χ2v) is 7.61. The van der Waals surface area contributed by atoms with Crippen molar-refractivity contribution in [1.82, 2.24) is 14.3 Å². The molecule has 1 saturated heterocycles. The van der Waals surface area contributed by atoms with E-state index in [1.165, 1.54) is 16.2 Å². The first-order valence-corrected chi connectivity index (χ1v) is 9.97. The molecule has 27 heavy (non-hydrogen) atoms. The summed E-state index contributed by atoms with van der Waals surface area (Å²) in [5, 5.41) is 1.16. The van der Waals surface area contributed by atoms with E-state index in [0.717, 1.165) is 28.9 Å². The SMILES string of the molecule is CCc1[nH]c(=O)c(C(=O)N2CCN(c3nsc4ccccc34)CC2)cc1C. The van der Waals surface area contributed by atoms with Gasteiger partial charge in [0, 0.05) is 37.3 Å². The number of nitrogens with one attached hydrogen (secondary N) is 1. The van der Waals surface area contributed by atoms with E-state index in [-0.39, 0.29) is 17.0 Å². The first kappa shape index (κ1) is 17.7. The molecule has 3 aromatic rings. The predicted molar refractivity (Wildman–Crippen MR) is 109 cm³/mol. The topological polar surface area (TPSA) is 69.3 Å². The summed E-state index contributed by atoms with van der Waals surface area (Å²) in [6.07, 6.45) is 0.746. The number of hydrogen-bond donors (Lipinski definition) is 1. The third kappa shape index (κ3) is 3.23. The Balaban J connectivity index is 1.50. The van der Waals surface area contributed by atoms with Crippen LogP contribution in [-0.2, 0) is 6.42 Å². The first-order valence-electron chi connectivity index (χ1n) is 9.20. The average molecular weight is 382 g/mol. The zero-order chi connectivity index (χ0) is 19.0. The van der Waals surface area contributed by atoms with Crippen molar-refractivity contribution in [2.45, 2.75) is 20.3 Å². The van der Waals surface area contributed by atoms with E-state index >= 15 is 0 Å². The molecule has 1 aliphatic rings. The van der Waals surface area contributed by atoms with Gasteiger partial charge < -0.3 is 14.8 Å². The summed E-state index contributed by atoms with van der Waals surface area (Å²) >= 11 is 1.50. The number of aryl methyl sites for hydroxylation is 2. The van der Waals surface area contributed by atoms with Crippen LogP contribution in [0.25, 0.3) is 10.1 Å².